The number of carbonyl (C=O) groups excluding carboxylic acids is 2. The van der Waals surface area contributed by atoms with Crippen molar-refractivity contribution >= 4 is 11.9 Å². The molecule has 5 N–H and O–H groups in total. The summed E-state index contributed by atoms with van der Waals surface area (Å²) in [6, 6.07) is 16.7. The summed E-state index contributed by atoms with van der Waals surface area (Å²) in [4.78, 5) is 23.9. The second kappa shape index (κ2) is 9.88. The van der Waals surface area contributed by atoms with E-state index in [0.29, 0.717) is 5.92 Å². The maximum absolute atomic E-state index is 12.6. The average Bonchev–Trinajstić information content (AvgIpc) is 2.63. The second-order valence-corrected chi connectivity index (χ2v) is 7.20. The highest BCUT2D eigenvalue weighted by Gasteiger charge is 2.31. The molecule has 2 rings (SSSR count). The molecule has 0 saturated carbocycles. The Morgan fingerprint density at radius 2 is 1.63 bits per heavy atom. The SMILES string of the molecule is CCCc1ccc([C@H]([NH2+][C@H](C(=O)NC(N)=O)c2ccccc2)C(C)C)cc1. The predicted octanol–water partition coefficient (Wildman–Crippen LogP) is 2.84. The molecule has 0 saturated heterocycles. The number of amides is 3. The van der Waals surface area contributed by atoms with E-state index in [2.05, 4.69) is 50.4 Å². The number of nitrogens with one attached hydrogen (secondary N) is 1. The summed E-state index contributed by atoms with van der Waals surface area (Å²) in [7, 11) is 0. The maximum Gasteiger partial charge on any atom is 0.319 e. The van der Waals surface area contributed by atoms with Crippen LogP contribution < -0.4 is 16.4 Å². The molecule has 0 heterocycles. The first-order valence-corrected chi connectivity index (χ1v) is 9.51. The molecule has 0 bridgehead atoms. The van der Waals surface area contributed by atoms with Gasteiger partial charge in [-0.15, -0.1) is 0 Å². The third kappa shape index (κ3) is 5.93. The number of imide groups is 1. The number of primary amides is 1. The van der Waals surface area contributed by atoms with Gasteiger partial charge in [-0.1, -0.05) is 81.8 Å². The Balaban J connectivity index is 2.30. The first-order chi connectivity index (χ1) is 12.9. The van der Waals surface area contributed by atoms with Gasteiger partial charge < -0.3 is 11.1 Å². The lowest BCUT2D eigenvalue weighted by Crippen LogP contribution is -2.89. The van der Waals surface area contributed by atoms with Crippen LogP contribution in [0.2, 0.25) is 0 Å². The van der Waals surface area contributed by atoms with Gasteiger partial charge in [-0.2, -0.15) is 0 Å². The molecule has 5 heteroatoms. The molecule has 2 aromatic rings. The highest BCUT2D eigenvalue weighted by atomic mass is 16.2. The third-order valence-electron chi connectivity index (χ3n) is 4.71. The van der Waals surface area contributed by atoms with E-state index < -0.39 is 18.0 Å². The van der Waals surface area contributed by atoms with E-state index in [1.807, 2.05) is 35.6 Å². The summed E-state index contributed by atoms with van der Waals surface area (Å²) in [5, 5.41) is 4.25. The van der Waals surface area contributed by atoms with Gasteiger partial charge in [0.05, 0.1) is 0 Å². The minimum absolute atomic E-state index is 0.0736. The van der Waals surface area contributed by atoms with Crippen molar-refractivity contribution in [2.75, 3.05) is 0 Å². The quantitative estimate of drug-likeness (QED) is 0.669. The summed E-state index contributed by atoms with van der Waals surface area (Å²) in [5.41, 5.74) is 8.49. The van der Waals surface area contributed by atoms with Crippen molar-refractivity contribution in [1.29, 1.82) is 0 Å². The lowest BCUT2D eigenvalue weighted by atomic mass is 9.92. The van der Waals surface area contributed by atoms with Crippen LogP contribution in [0.3, 0.4) is 0 Å². The van der Waals surface area contributed by atoms with Gasteiger partial charge in [0, 0.05) is 17.0 Å². The van der Waals surface area contributed by atoms with Crippen LogP contribution in [0.15, 0.2) is 54.6 Å². The Morgan fingerprint density at radius 1 is 1.00 bits per heavy atom. The molecular weight excluding hydrogens is 338 g/mol. The van der Waals surface area contributed by atoms with Gasteiger partial charge >= 0.3 is 6.03 Å². The van der Waals surface area contributed by atoms with Crippen LogP contribution in [-0.4, -0.2) is 11.9 Å². The maximum atomic E-state index is 12.6. The number of quaternary nitrogens is 1. The Kier molecular flexibility index (Phi) is 7.55. The fourth-order valence-electron chi connectivity index (χ4n) is 3.33. The zero-order valence-electron chi connectivity index (χ0n) is 16.3. The average molecular weight is 369 g/mol. The number of rotatable bonds is 8. The number of benzene rings is 2. The van der Waals surface area contributed by atoms with E-state index in [0.717, 1.165) is 24.0 Å². The van der Waals surface area contributed by atoms with Gasteiger partial charge in [-0.05, 0) is 12.0 Å². The fourth-order valence-corrected chi connectivity index (χ4v) is 3.33. The van der Waals surface area contributed by atoms with E-state index in [1.54, 1.807) is 0 Å². The minimum atomic E-state index is -0.834. The Labute approximate surface area is 161 Å². The van der Waals surface area contributed by atoms with Crippen LogP contribution in [0.25, 0.3) is 0 Å². The predicted molar refractivity (Wildman–Crippen MR) is 107 cm³/mol. The molecule has 0 aromatic heterocycles. The zero-order valence-corrected chi connectivity index (χ0v) is 16.3. The van der Waals surface area contributed by atoms with Crippen LogP contribution in [0.4, 0.5) is 4.79 Å². The van der Waals surface area contributed by atoms with Crippen molar-refractivity contribution in [3.8, 4) is 0 Å². The standard InChI is InChI=1S/C22H29N3O2/c1-4-8-16-11-13-18(14-12-16)19(15(2)3)24-20(21(26)25-22(23)27)17-9-6-5-7-10-17/h5-7,9-15,19-20,24H,4,8H2,1-3H3,(H3,23,25,26,27)/p+1/t19-,20+/m1/s1. The monoisotopic (exact) mass is 368 g/mol. The molecule has 0 aliphatic rings. The highest BCUT2D eigenvalue weighted by Crippen LogP contribution is 2.21. The number of nitrogens with two attached hydrogens (primary N) is 2. The van der Waals surface area contributed by atoms with Crippen molar-refractivity contribution in [3.63, 3.8) is 0 Å². The van der Waals surface area contributed by atoms with Gasteiger partial charge in [0.1, 0.15) is 6.04 Å². The Morgan fingerprint density at radius 3 is 2.15 bits per heavy atom. The number of hydrogen-bond donors (Lipinski definition) is 3. The van der Waals surface area contributed by atoms with Crippen LogP contribution in [-0.2, 0) is 11.2 Å². The van der Waals surface area contributed by atoms with Gasteiger partial charge in [0.2, 0.25) is 0 Å². The van der Waals surface area contributed by atoms with Gasteiger partial charge in [0.25, 0.3) is 5.91 Å². The third-order valence-corrected chi connectivity index (χ3v) is 4.71. The highest BCUT2D eigenvalue weighted by molar-refractivity contribution is 5.96. The summed E-state index contributed by atoms with van der Waals surface area (Å²) >= 11 is 0. The van der Waals surface area contributed by atoms with Crippen molar-refractivity contribution in [2.24, 2.45) is 11.7 Å². The van der Waals surface area contributed by atoms with Crippen LogP contribution >= 0.6 is 0 Å². The summed E-state index contributed by atoms with van der Waals surface area (Å²) in [6.45, 7) is 6.44. The minimum Gasteiger partial charge on any atom is -0.351 e. The van der Waals surface area contributed by atoms with E-state index in [1.165, 1.54) is 5.56 Å². The molecule has 2 aromatic carbocycles. The molecule has 27 heavy (non-hydrogen) atoms. The van der Waals surface area contributed by atoms with Crippen molar-refractivity contribution < 1.29 is 14.9 Å². The molecule has 0 aliphatic carbocycles. The Hall–Kier alpha value is -2.66. The molecule has 0 aliphatic heterocycles. The van der Waals surface area contributed by atoms with Gasteiger partial charge in [-0.3, -0.25) is 10.1 Å². The number of urea groups is 1. The molecule has 0 unspecified atom stereocenters. The van der Waals surface area contributed by atoms with Crippen molar-refractivity contribution in [1.82, 2.24) is 5.32 Å². The van der Waals surface area contributed by atoms with Crippen molar-refractivity contribution in [3.05, 3.63) is 71.3 Å². The number of aryl methyl sites for hydroxylation is 1. The molecule has 144 valence electrons. The molecular formula is C22H30N3O2+. The van der Waals surface area contributed by atoms with Crippen LogP contribution in [0, 0.1) is 5.92 Å². The topological polar surface area (TPSA) is 88.8 Å². The molecule has 0 radical (unpaired) electrons. The number of hydrogen-bond acceptors (Lipinski definition) is 2. The lowest BCUT2D eigenvalue weighted by Gasteiger charge is -2.25. The molecule has 5 nitrogen and oxygen atoms in total. The van der Waals surface area contributed by atoms with Crippen LogP contribution in [0.1, 0.15) is 56.0 Å². The summed E-state index contributed by atoms with van der Waals surface area (Å²) in [6.07, 6.45) is 2.17. The van der Waals surface area contributed by atoms with E-state index in [9.17, 15) is 9.59 Å². The van der Waals surface area contributed by atoms with Gasteiger partial charge in [0.15, 0.2) is 6.04 Å². The fraction of sp³-hybridized carbons (Fsp3) is 0.364. The van der Waals surface area contributed by atoms with Gasteiger partial charge in [-0.25, -0.2) is 4.79 Å². The zero-order chi connectivity index (χ0) is 19.8. The van der Waals surface area contributed by atoms with Crippen molar-refractivity contribution in [2.45, 2.75) is 45.7 Å². The second-order valence-electron chi connectivity index (χ2n) is 7.20. The smallest absolute Gasteiger partial charge is 0.319 e. The van der Waals surface area contributed by atoms with E-state index in [-0.39, 0.29) is 6.04 Å². The first-order valence-electron chi connectivity index (χ1n) is 9.51. The largest absolute Gasteiger partial charge is 0.351 e. The normalized spacial score (nSPS) is 13.2. The first kappa shape index (κ1) is 20.6. The van der Waals surface area contributed by atoms with Crippen LogP contribution in [0.5, 0.6) is 0 Å². The molecule has 2 atom stereocenters. The number of carbonyl (C=O) groups is 2. The van der Waals surface area contributed by atoms with E-state index >= 15 is 0 Å². The van der Waals surface area contributed by atoms with E-state index in [4.69, 9.17) is 5.73 Å². The Bertz CT molecular complexity index is 742. The summed E-state index contributed by atoms with van der Waals surface area (Å²) < 4.78 is 0. The molecule has 3 amide bonds. The lowest BCUT2D eigenvalue weighted by molar-refractivity contribution is -0.728. The summed E-state index contributed by atoms with van der Waals surface area (Å²) in [5.74, 6) is -0.100. The molecule has 0 spiro atoms. The molecule has 0 fully saturated rings.